The molecule has 0 saturated carbocycles. The van der Waals surface area contributed by atoms with Gasteiger partial charge in [0.2, 0.25) is 17.7 Å². The summed E-state index contributed by atoms with van der Waals surface area (Å²) < 4.78 is 0. The standard InChI is InChI=1S/C9H18N2O.C8H16N2O.C7H14N2O/c1-9(12)10-5-4-8-11-6-2-3-7-11;1-8(11)9-4-7-10-5-2-3-6-10;1-7(10)9-5-3-8(2)4-6-9/h2-8H2,1H3,(H,10,12);2-7H2,1H3,(H,9,11);3-6H2,1-2H3. The van der Waals surface area contributed by atoms with Gasteiger partial charge in [0, 0.05) is 66.6 Å². The highest BCUT2D eigenvalue weighted by Crippen LogP contribution is 2.07. The molecule has 3 aliphatic heterocycles. The van der Waals surface area contributed by atoms with Crippen molar-refractivity contribution in [2.75, 3.05) is 85.6 Å². The van der Waals surface area contributed by atoms with Crippen molar-refractivity contribution in [1.29, 1.82) is 0 Å². The number of hydrogen-bond acceptors (Lipinski definition) is 6. The van der Waals surface area contributed by atoms with Crippen LogP contribution in [0.2, 0.25) is 0 Å². The van der Waals surface area contributed by atoms with Crippen molar-refractivity contribution in [3.8, 4) is 0 Å². The van der Waals surface area contributed by atoms with Crippen LogP contribution in [0, 0.1) is 0 Å². The Morgan fingerprint density at radius 1 is 0.636 bits per heavy atom. The van der Waals surface area contributed by atoms with Gasteiger partial charge in [0.1, 0.15) is 0 Å². The highest BCUT2D eigenvalue weighted by Gasteiger charge is 2.15. The summed E-state index contributed by atoms with van der Waals surface area (Å²) in [5, 5.41) is 5.60. The molecule has 0 atom stereocenters. The van der Waals surface area contributed by atoms with Crippen LogP contribution < -0.4 is 10.6 Å². The van der Waals surface area contributed by atoms with Crippen LogP contribution >= 0.6 is 0 Å². The molecule has 0 aliphatic carbocycles. The summed E-state index contributed by atoms with van der Waals surface area (Å²) in [6.45, 7) is 17.3. The molecular weight excluding hydrogens is 420 g/mol. The summed E-state index contributed by atoms with van der Waals surface area (Å²) in [5.74, 6) is 0.355. The molecule has 3 rings (SSSR count). The van der Waals surface area contributed by atoms with E-state index < -0.39 is 0 Å². The fourth-order valence-corrected chi connectivity index (χ4v) is 4.09. The van der Waals surface area contributed by atoms with Crippen molar-refractivity contribution in [2.45, 2.75) is 52.9 Å². The van der Waals surface area contributed by atoms with Crippen molar-refractivity contribution in [2.24, 2.45) is 0 Å². The fraction of sp³-hybridized carbons (Fsp3) is 0.875. The van der Waals surface area contributed by atoms with E-state index in [9.17, 15) is 14.4 Å². The Hall–Kier alpha value is -1.71. The van der Waals surface area contributed by atoms with Crippen LogP contribution in [0.4, 0.5) is 0 Å². The number of rotatable bonds is 7. The predicted molar refractivity (Wildman–Crippen MR) is 133 cm³/mol. The number of likely N-dealkylation sites (N-methyl/N-ethyl adjacent to an activating group) is 1. The van der Waals surface area contributed by atoms with Crippen molar-refractivity contribution in [3.63, 3.8) is 0 Å². The zero-order valence-corrected chi connectivity index (χ0v) is 21.5. The lowest BCUT2D eigenvalue weighted by Gasteiger charge is -2.31. The minimum absolute atomic E-state index is 0.0733. The van der Waals surface area contributed by atoms with E-state index in [0.717, 1.165) is 58.8 Å². The molecular formula is C24H48N6O3. The van der Waals surface area contributed by atoms with E-state index in [-0.39, 0.29) is 17.7 Å². The Kier molecular flexibility index (Phi) is 15.7. The molecule has 2 N–H and O–H groups in total. The zero-order chi connectivity index (χ0) is 24.5. The number of piperazine rings is 1. The molecule has 0 unspecified atom stereocenters. The molecule has 3 saturated heterocycles. The van der Waals surface area contributed by atoms with Gasteiger partial charge in [-0.25, -0.2) is 0 Å². The van der Waals surface area contributed by atoms with Crippen molar-refractivity contribution in [3.05, 3.63) is 0 Å². The van der Waals surface area contributed by atoms with Gasteiger partial charge >= 0.3 is 0 Å². The maximum absolute atomic E-state index is 10.8. The minimum atomic E-state index is 0.0733. The van der Waals surface area contributed by atoms with Gasteiger partial charge < -0.3 is 30.2 Å². The molecule has 0 radical (unpaired) electrons. The molecule has 3 fully saturated rings. The molecule has 33 heavy (non-hydrogen) atoms. The molecule has 0 aromatic rings. The quantitative estimate of drug-likeness (QED) is 0.532. The third-order valence-electron chi connectivity index (χ3n) is 6.17. The molecule has 3 aliphatic rings. The van der Waals surface area contributed by atoms with Crippen LogP contribution in [-0.4, -0.2) is 123 Å². The first-order valence-corrected chi connectivity index (χ1v) is 12.7. The van der Waals surface area contributed by atoms with E-state index in [1.54, 1.807) is 20.8 Å². The number of nitrogens with zero attached hydrogens (tertiary/aromatic N) is 4. The second-order valence-electron chi connectivity index (χ2n) is 9.23. The van der Waals surface area contributed by atoms with Gasteiger partial charge in [-0.3, -0.25) is 14.4 Å². The summed E-state index contributed by atoms with van der Waals surface area (Å²) in [5.41, 5.74) is 0. The predicted octanol–water partition coefficient (Wildman–Crippen LogP) is 0.607. The fourth-order valence-electron chi connectivity index (χ4n) is 4.09. The van der Waals surface area contributed by atoms with Crippen LogP contribution in [-0.2, 0) is 14.4 Å². The van der Waals surface area contributed by atoms with Crippen molar-refractivity contribution < 1.29 is 14.4 Å². The first-order valence-electron chi connectivity index (χ1n) is 12.7. The second kappa shape index (κ2) is 17.7. The number of carbonyl (C=O) groups excluding carboxylic acids is 3. The molecule has 0 aromatic heterocycles. The van der Waals surface area contributed by atoms with E-state index in [4.69, 9.17) is 0 Å². The van der Waals surface area contributed by atoms with Gasteiger partial charge in [-0.2, -0.15) is 0 Å². The number of carbonyl (C=O) groups is 3. The van der Waals surface area contributed by atoms with Gasteiger partial charge in [0.15, 0.2) is 0 Å². The van der Waals surface area contributed by atoms with E-state index in [0.29, 0.717) is 0 Å². The molecule has 9 nitrogen and oxygen atoms in total. The normalized spacial score (nSPS) is 19.2. The van der Waals surface area contributed by atoms with Crippen LogP contribution in [0.5, 0.6) is 0 Å². The van der Waals surface area contributed by atoms with E-state index in [1.165, 1.54) is 51.9 Å². The Morgan fingerprint density at radius 2 is 1.09 bits per heavy atom. The van der Waals surface area contributed by atoms with E-state index in [2.05, 4.69) is 32.4 Å². The SMILES string of the molecule is CC(=O)N1CCN(C)CC1.CC(=O)NCCCN1CCCC1.CC(=O)NCCN1CCCC1. The summed E-state index contributed by atoms with van der Waals surface area (Å²) in [7, 11) is 2.08. The zero-order valence-electron chi connectivity index (χ0n) is 21.5. The largest absolute Gasteiger partial charge is 0.356 e. The van der Waals surface area contributed by atoms with Gasteiger partial charge in [-0.15, -0.1) is 0 Å². The number of nitrogens with one attached hydrogen (secondary N) is 2. The van der Waals surface area contributed by atoms with Gasteiger partial charge in [0.05, 0.1) is 0 Å². The van der Waals surface area contributed by atoms with Crippen molar-refractivity contribution in [1.82, 2.24) is 30.2 Å². The minimum Gasteiger partial charge on any atom is -0.356 e. The second-order valence-corrected chi connectivity index (χ2v) is 9.23. The molecule has 3 heterocycles. The molecule has 3 amide bonds. The Balaban J connectivity index is 0.000000249. The van der Waals surface area contributed by atoms with Crippen LogP contribution in [0.3, 0.4) is 0 Å². The first kappa shape index (κ1) is 29.3. The highest BCUT2D eigenvalue weighted by atomic mass is 16.2. The smallest absolute Gasteiger partial charge is 0.219 e. The average molecular weight is 469 g/mol. The Bertz CT molecular complexity index is 554. The molecule has 0 bridgehead atoms. The number of hydrogen-bond donors (Lipinski definition) is 2. The molecule has 192 valence electrons. The lowest BCUT2D eigenvalue weighted by molar-refractivity contribution is -0.130. The van der Waals surface area contributed by atoms with Crippen molar-refractivity contribution >= 4 is 17.7 Å². The third kappa shape index (κ3) is 15.7. The van der Waals surface area contributed by atoms with E-state index >= 15 is 0 Å². The highest BCUT2D eigenvalue weighted by molar-refractivity contribution is 5.73. The molecule has 0 aromatic carbocycles. The maximum Gasteiger partial charge on any atom is 0.219 e. The van der Waals surface area contributed by atoms with E-state index in [1.807, 2.05) is 4.90 Å². The van der Waals surface area contributed by atoms with Gasteiger partial charge in [-0.1, -0.05) is 0 Å². The summed E-state index contributed by atoms with van der Waals surface area (Å²) >= 11 is 0. The van der Waals surface area contributed by atoms with Gasteiger partial charge in [0.25, 0.3) is 0 Å². The lowest BCUT2D eigenvalue weighted by Crippen LogP contribution is -2.46. The van der Waals surface area contributed by atoms with Crippen LogP contribution in [0.15, 0.2) is 0 Å². The van der Waals surface area contributed by atoms with Crippen LogP contribution in [0.1, 0.15) is 52.9 Å². The summed E-state index contributed by atoms with van der Waals surface area (Å²) in [4.78, 5) is 40.8. The summed E-state index contributed by atoms with van der Waals surface area (Å²) in [6, 6.07) is 0. The summed E-state index contributed by atoms with van der Waals surface area (Å²) in [6.07, 6.45) is 6.42. The third-order valence-corrected chi connectivity index (χ3v) is 6.17. The average Bonchev–Trinajstić information content (AvgIpc) is 3.46. The Morgan fingerprint density at radius 3 is 1.55 bits per heavy atom. The number of amides is 3. The molecule has 0 spiro atoms. The topological polar surface area (TPSA) is 88.2 Å². The Labute approximate surface area is 201 Å². The van der Waals surface area contributed by atoms with Crippen LogP contribution in [0.25, 0.3) is 0 Å². The maximum atomic E-state index is 10.8. The molecule has 9 heteroatoms. The lowest BCUT2D eigenvalue weighted by atomic mass is 10.3. The monoisotopic (exact) mass is 468 g/mol. The first-order chi connectivity index (χ1) is 15.8. The number of likely N-dealkylation sites (tertiary alicyclic amines) is 2. The van der Waals surface area contributed by atoms with Gasteiger partial charge in [-0.05, 0) is 71.9 Å².